The van der Waals surface area contributed by atoms with Gasteiger partial charge in [0.15, 0.2) is 10.5 Å². The Labute approximate surface area is 486 Å². The van der Waals surface area contributed by atoms with Crippen LogP contribution in [-0.2, 0) is 77.4 Å². The van der Waals surface area contributed by atoms with Crippen molar-refractivity contribution in [3.05, 3.63) is 72.9 Å². The standard InChI is InChI=1S/2C27H42O10S.Ca/c2*1-2-3-4-5-6-7-8-9-10-11-12-13-14-15-16-17-24(29)35-20-27(19-28)21-36-25(30)18-23(38(32,33)34)26(31)37-22-27;/h2*6-7,9-10,12-13,23,28H,2-5,8,11,14-22H2,1H3,(H,32,33,34);/q;;+2/p-2/b2*7-6-,10-9-,13-12-;. The number of ether oxygens (including phenoxy) is 6. The summed E-state index contributed by atoms with van der Waals surface area (Å²) in [6.07, 6.45) is 41.6. The van der Waals surface area contributed by atoms with Gasteiger partial charge in [0.25, 0.3) is 0 Å². The molecule has 2 fully saturated rings. The van der Waals surface area contributed by atoms with Crippen LogP contribution in [0.1, 0.15) is 155 Å². The van der Waals surface area contributed by atoms with Crippen LogP contribution in [0.15, 0.2) is 72.9 Å². The molecule has 432 valence electrons. The normalized spacial score (nSPS) is 21.0. The molecule has 2 aliphatic heterocycles. The number of hydrogen-bond donors (Lipinski definition) is 2. The van der Waals surface area contributed by atoms with Gasteiger partial charge in [0, 0.05) is 12.8 Å². The summed E-state index contributed by atoms with van der Waals surface area (Å²) >= 11 is 0. The topological polar surface area (TPSA) is 313 Å². The Morgan fingerprint density at radius 3 is 1.08 bits per heavy atom. The van der Waals surface area contributed by atoms with Gasteiger partial charge in [-0.05, 0) is 89.9 Å². The van der Waals surface area contributed by atoms with Crippen molar-refractivity contribution in [3.8, 4) is 0 Å². The molecular weight excluding hydrogens is 1070 g/mol. The molecule has 23 heteroatoms. The minimum Gasteiger partial charge on any atom is -0.747 e. The second-order valence-electron chi connectivity index (χ2n) is 18.8. The predicted molar refractivity (Wildman–Crippen MR) is 285 cm³/mol. The molecule has 0 amide bonds. The Bertz CT molecular complexity index is 2000. The molecule has 0 aromatic rings. The molecule has 0 saturated carbocycles. The zero-order valence-electron chi connectivity index (χ0n) is 45.1. The van der Waals surface area contributed by atoms with E-state index in [1.54, 1.807) is 0 Å². The van der Waals surface area contributed by atoms with E-state index in [-0.39, 0.29) is 50.6 Å². The third-order valence-corrected chi connectivity index (χ3v) is 13.9. The van der Waals surface area contributed by atoms with Gasteiger partial charge in [0.2, 0.25) is 0 Å². The van der Waals surface area contributed by atoms with Crippen LogP contribution in [0.5, 0.6) is 0 Å². The van der Waals surface area contributed by atoms with E-state index in [0.717, 1.165) is 64.2 Å². The van der Waals surface area contributed by atoms with Crippen LogP contribution in [0, 0.1) is 10.8 Å². The summed E-state index contributed by atoms with van der Waals surface area (Å²) in [5.74, 6) is -6.14. The number of hydrogen-bond acceptors (Lipinski definition) is 20. The molecule has 0 aromatic carbocycles. The number of aliphatic hydroxyl groups excluding tert-OH is 2. The van der Waals surface area contributed by atoms with E-state index in [0.29, 0.717) is 12.8 Å². The van der Waals surface area contributed by atoms with Crippen LogP contribution >= 0.6 is 0 Å². The fourth-order valence-electron chi connectivity index (χ4n) is 6.91. The van der Waals surface area contributed by atoms with Gasteiger partial charge in [-0.15, -0.1) is 0 Å². The van der Waals surface area contributed by atoms with E-state index in [4.69, 9.17) is 28.4 Å². The van der Waals surface area contributed by atoms with E-state index in [2.05, 4.69) is 86.8 Å². The number of aliphatic hydroxyl groups is 2. The van der Waals surface area contributed by atoms with Gasteiger partial charge >= 0.3 is 73.6 Å². The Kier molecular flexibility index (Phi) is 41.0. The summed E-state index contributed by atoms with van der Waals surface area (Å²) in [6, 6.07) is 0. The first kappa shape index (κ1) is 73.3. The molecule has 4 unspecified atom stereocenters. The first-order valence-corrected chi connectivity index (χ1v) is 29.2. The number of cyclic esters (lactones) is 4. The summed E-state index contributed by atoms with van der Waals surface area (Å²) in [4.78, 5) is 72.0. The second-order valence-corrected chi connectivity index (χ2v) is 21.9. The fraction of sp³-hybridized carbons (Fsp3) is 0.667. The molecular formula is C54H82CaO20S2. The fourth-order valence-corrected chi connectivity index (χ4v) is 8.19. The third kappa shape index (κ3) is 35.5. The molecule has 4 atom stereocenters. The third-order valence-electron chi connectivity index (χ3n) is 11.8. The number of esters is 6. The molecule has 2 saturated heterocycles. The molecule has 2 N–H and O–H groups in total. The zero-order valence-corrected chi connectivity index (χ0v) is 48.9. The number of carbonyl (C=O) groups is 6. The van der Waals surface area contributed by atoms with Crippen molar-refractivity contribution >= 4 is 93.8 Å². The van der Waals surface area contributed by atoms with Gasteiger partial charge in [0.1, 0.15) is 59.9 Å². The monoisotopic (exact) mass is 1150 g/mol. The van der Waals surface area contributed by atoms with Crippen LogP contribution in [0.4, 0.5) is 0 Å². The predicted octanol–water partition coefficient (Wildman–Crippen LogP) is 6.62. The van der Waals surface area contributed by atoms with Gasteiger partial charge < -0.3 is 47.7 Å². The van der Waals surface area contributed by atoms with Crippen molar-refractivity contribution in [1.29, 1.82) is 0 Å². The van der Waals surface area contributed by atoms with Crippen LogP contribution in [-0.4, -0.2) is 173 Å². The molecule has 2 rings (SSSR count). The van der Waals surface area contributed by atoms with Crippen LogP contribution in [0.3, 0.4) is 0 Å². The molecule has 20 nitrogen and oxygen atoms in total. The van der Waals surface area contributed by atoms with Crippen molar-refractivity contribution in [2.75, 3.05) is 52.9 Å². The average Bonchev–Trinajstić information content (AvgIpc) is 3.49. The quantitative estimate of drug-likeness (QED) is 0.0171. The maximum atomic E-state index is 12.1. The summed E-state index contributed by atoms with van der Waals surface area (Å²) in [5, 5.41) is 15.1. The molecule has 77 heavy (non-hydrogen) atoms. The van der Waals surface area contributed by atoms with E-state index < -0.39 is 143 Å². The first-order chi connectivity index (χ1) is 36.3. The van der Waals surface area contributed by atoms with Gasteiger partial charge in [0.05, 0.1) is 36.9 Å². The Morgan fingerprint density at radius 1 is 0.506 bits per heavy atom. The smallest absolute Gasteiger partial charge is 0.747 e. The van der Waals surface area contributed by atoms with Crippen molar-refractivity contribution in [2.24, 2.45) is 10.8 Å². The van der Waals surface area contributed by atoms with E-state index in [1.165, 1.54) is 38.5 Å². The molecule has 0 aliphatic carbocycles. The number of rotatable bonds is 34. The summed E-state index contributed by atoms with van der Waals surface area (Å²) in [5.41, 5.74) is -2.94. The largest absolute Gasteiger partial charge is 2.00 e. The van der Waals surface area contributed by atoms with Gasteiger partial charge in [-0.2, -0.15) is 0 Å². The molecule has 0 radical (unpaired) electrons. The molecule has 0 aromatic heterocycles. The molecule has 2 heterocycles. The number of unbranched alkanes of at least 4 members (excludes halogenated alkanes) is 10. The molecule has 0 spiro atoms. The van der Waals surface area contributed by atoms with Crippen molar-refractivity contribution < 1.29 is 93.3 Å². The average molecular weight is 1160 g/mol. The van der Waals surface area contributed by atoms with Crippen LogP contribution in [0.2, 0.25) is 0 Å². The van der Waals surface area contributed by atoms with Crippen LogP contribution in [0.25, 0.3) is 0 Å². The van der Waals surface area contributed by atoms with E-state index in [1.807, 2.05) is 0 Å². The van der Waals surface area contributed by atoms with Crippen molar-refractivity contribution in [2.45, 2.75) is 166 Å². The summed E-state index contributed by atoms with van der Waals surface area (Å²) in [7, 11) is -10.3. The zero-order chi connectivity index (χ0) is 56.6. The first-order valence-electron chi connectivity index (χ1n) is 26.2. The van der Waals surface area contributed by atoms with E-state index in [9.17, 15) is 64.9 Å². The number of carbonyl (C=O) groups excluding carboxylic acids is 6. The summed E-state index contributed by atoms with van der Waals surface area (Å²) < 4.78 is 97.5. The van der Waals surface area contributed by atoms with Gasteiger partial charge in [-0.3, -0.25) is 28.8 Å². The molecule has 2 aliphatic rings. The maximum Gasteiger partial charge on any atom is 2.00 e. The van der Waals surface area contributed by atoms with Gasteiger partial charge in [-0.25, -0.2) is 16.8 Å². The van der Waals surface area contributed by atoms with Crippen molar-refractivity contribution in [3.63, 3.8) is 0 Å². The second kappa shape index (κ2) is 43.1. The molecule has 0 bridgehead atoms. The number of allylic oxidation sites excluding steroid dienone is 12. The Morgan fingerprint density at radius 2 is 0.792 bits per heavy atom. The minimum absolute atomic E-state index is 0. The summed E-state index contributed by atoms with van der Waals surface area (Å²) in [6.45, 7) is 0.0477. The Balaban J connectivity index is 0.00000148. The Hall–Kier alpha value is -3.74. The SMILES string of the molecule is CCCCC/C=C\C/C=C\C/C=C\CCCCC(=O)OCC1(CO)COC(=O)CC(S(=O)(=O)[O-])C(=O)OC1.CCCCC/C=C\C/C=C\C/C=C\CCCCC(=O)OCC1(CO)COC(=O)CC(S(=O)(=O)[O-])C(=O)OC1.[Ca+2]. The minimum atomic E-state index is -5.15. The van der Waals surface area contributed by atoms with Crippen LogP contribution < -0.4 is 0 Å². The van der Waals surface area contributed by atoms with E-state index >= 15 is 0 Å². The van der Waals surface area contributed by atoms with Gasteiger partial charge in [-0.1, -0.05) is 112 Å². The van der Waals surface area contributed by atoms with Crippen molar-refractivity contribution in [1.82, 2.24) is 0 Å². The maximum absolute atomic E-state index is 12.1.